The Kier molecular flexibility index (Phi) is 4.72. The number of ether oxygens (including phenoxy) is 1. The minimum Gasteiger partial charge on any atom is -0.370 e. The number of hydrogen-bond acceptors (Lipinski definition) is 2. The smallest absolute Gasteiger partial charge is 0.370 e. The fraction of sp³-hybridized carbons (Fsp3) is 0.250. The van der Waals surface area contributed by atoms with Crippen molar-refractivity contribution in [3.8, 4) is 0 Å². The number of H-pyrrole nitrogens is 1. The van der Waals surface area contributed by atoms with Crippen LogP contribution in [0.5, 0.6) is 0 Å². The number of rotatable bonds is 2. The second-order valence-electron chi connectivity index (χ2n) is 6.64. The quantitative estimate of drug-likeness (QED) is 0.662. The second-order valence-corrected chi connectivity index (χ2v) is 6.64. The summed E-state index contributed by atoms with van der Waals surface area (Å²) in [5.41, 5.74) is 1.22. The first kappa shape index (κ1) is 18.4. The van der Waals surface area contributed by atoms with Gasteiger partial charge in [0.25, 0.3) is 0 Å². The van der Waals surface area contributed by atoms with Crippen molar-refractivity contribution in [3.05, 3.63) is 65.9 Å². The SMILES string of the molecule is O=C(Nc1ccc2cc[nH]c2c1)N1CCOC(c2cccc(C(F)(F)F)c2)C1. The molecule has 2 aromatic carbocycles. The lowest BCUT2D eigenvalue weighted by Gasteiger charge is -2.33. The Bertz CT molecular complexity index is 1000. The van der Waals surface area contributed by atoms with Crippen LogP contribution in [0.4, 0.5) is 23.7 Å². The van der Waals surface area contributed by atoms with Crippen LogP contribution in [0.1, 0.15) is 17.2 Å². The van der Waals surface area contributed by atoms with E-state index in [0.717, 1.165) is 23.0 Å². The molecule has 4 rings (SSSR count). The molecule has 0 bridgehead atoms. The molecule has 8 heteroatoms. The van der Waals surface area contributed by atoms with Gasteiger partial charge in [0.15, 0.2) is 0 Å². The van der Waals surface area contributed by atoms with E-state index >= 15 is 0 Å². The van der Waals surface area contributed by atoms with Crippen LogP contribution in [0.3, 0.4) is 0 Å². The number of benzene rings is 2. The van der Waals surface area contributed by atoms with Crippen molar-refractivity contribution in [2.24, 2.45) is 0 Å². The maximum atomic E-state index is 13.0. The molecule has 2 heterocycles. The van der Waals surface area contributed by atoms with E-state index in [1.807, 2.05) is 24.4 Å². The number of halogens is 3. The normalized spacial score (nSPS) is 17.7. The number of urea groups is 1. The van der Waals surface area contributed by atoms with Crippen LogP contribution in [-0.4, -0.2) is 35.6 Å². The Morgan fingerprint density at radius 2 is 2.04 bits per heavy atom. The van der Waals surface area contributed by atoms with Crippen molar-refractivity contribution in [1.29, 1.82) is 0 Å². The van der Waals surface area contributed by atoms with Gasteiger partial charge in [-0.05, 0) is 41.3 Å². The molecule has 0 spiro atoms. The molecule has 1 aliphatic heterocycles. The van der Waals surface area contributed by atoms with Crippen LogP contribution in [0.15, 0.2) is 54.7 Å². The molecule has 1 fully saturated rings. The van der Waals surface area contributed by atoms with Gasteiger partial charge < -0.3 is 19.9 Å². The number of aromatic amines is 1. The van der Waals surface area contributed by atoms with Crippen LogP contribution in [-0.2, 0) is 10.9 Å². The van der Waals surface area contributed by atoms with Gasteiger partial charge in [-0.1, -0.05) is 18.2 Å². The van der Waals surface area contributed by atoms with Crippen LogP contribution >= 0.6 is 0 Å². The lowest BCUT2D eigenvalue weighted by atomic mass is 10.0. The lowest BCUT2D eigenvalue weighted by Crippen LogP contribution is -2.44. The Balaban J connectivity index is 1.46. The molecular formula is C20H18F3N3O2. The summed E-state index contributed by atoms with van der Waals surface area (Å²) in [6.45, 7) is 0.800. The first-order chi connectivity index (χ1) is 13.4. The van der Waals surface area contributed by atoms with Crippen LogP contribution < -0.4 is 5.32 Å². The van der Waals surface area contributed by atoms with Crippen LogP contribution in [0, 0.1) is 0 Å². The third kappa shape index (κ3) is 3.82. The third-order valence-corrected chi connectivity index (χ3v) is 4.75. The number of alkyl halides is 3. The topological polar surface area (TPSA) is 57.4 Å². The van der Waals surface area contributed by atoms with Gasteiger partial charge in [-0.15, -0.1) is 0 Å². The molecule has 146 valence electrons. The number of carbonyl (C=O) groups excluding carboxylic acids is 1. The van der Waals surface area contributed by atoms with Gasteiger partial charge in [-0.3, -0.25) is 0 Å². The van der Waals surface area contributed by atoms with Crippen molar-refractivity contribution < 1.29 is 22.7 Å². The van der Waals surface area contributed by atoms with Gasteiger partial charge in [-0.25, -0.2) is 4.79 Å². The van der Waals surface area contributed by atoms with E-state index in [-0.39, 0.29) is 19.2 Å². The average Bonchev–Trinajstić information content (AvgIpc) is 3.15. The maximum absolute atomic E-state index is 13.0. The number of nitrogens with zero attached hydrogens (tertiary/aromatic N) is 1. The number of nitrogens with one attached hydrogen (secondary N) is 2. The molecular weight excluding hydrogens is 371 g/mol. The van der Waals surface area contributed by atoms with E-state index in [1.54, 1.807) is 17.0 Å². The Morgan fingerprint density at radius 1 is 1.18 bits per heavy atom. The zero-order chi connectivity index (χ0) is 19.7. The molecule has 2 N–H and O–H groups in total. The molecule has 28 heavy (non-hydrogen) atoms. The van der Waals surface area contributed by atoms with Crippen molar-refractivity contribution in [2.75, 3.05) is 25.0 Å². The molecule has 1 atom stereocenters. The summed E-state index contributed by atoms with van der Waals surface area (Å²) in [5, 5.41) is 3.87. The summed E-state index contributed by atoms with van der Waals surface area (Å²) in [6, 6.07) is 12.2. The fourth-order valence-corrected chi connectivity index (χ4v) is 3.28. The second kappa shape index (κ2) is 7.20. The van der Waals surface area contributed by atoms with Gasteiger partial charge in [0.05, 0.1) is 18.7 Å². The average molecular weight is 389 g/mol. The Labute approximate surface area is 159 Å². The monoisotopic (exact) mass is 389 g/mol. The molecule has 1 unspecified atom stereocenters. The summed E-state index contributed by atoms with van der Waals surface area (Å²) in [7, 11) is 0. The van der Waals surface area contributed by atoms with Crippen molar-refractivity contribution >= 4 is 22.6 Å². The van der Waals surface area contributed by atoms with E-state index < -0.39 is 17.8 Å². The predicted octanol–water partition coefficient (Wildman–Crippen LogP) is 4.79. The Hall–Kier alpha value is -3.00. The minimum atomic E-state index is -4.42. The third-order valence-electron chi connectivity index (χ3n) is 4.75. The van der Waals surface area contributed by atoms with Gasteiger partial charge in [0.2, 0.25) is 0 Å². The van der Waals surface area contributed by atoms with Gasteiger partial charge in [0, 0.05) is 23.9 Å². The lowest BCUT2D eigenvalue weighted by molar-refractivity contribution is -0.137. The highest BCUT2D eigenvalue weighted by atomic mass is 19.4. The summed E-state index contributed by atoms with van der Waals surface area (Å²) < 4.78 is 44.5. The fourth-order valence-electron chi connectivity index (χ4n) is 3.28. The molecule has 1 aliphatic rings. The predicted molar refractivity (Wildman–Crippen MR) is 99.0 cm³/mol. The zero-order valence-electron chi connectivity index (χ0n) is 14.8. The van der Waals surface area contributed by atoms with Crippen molar-refractivity contribution in [2.45, 2.75) is 12.3 Å². The highest BCUT2D eigenvalue weighted by Gasteiger charge is 2.32. The number of hydrogen-bond donors (Lipinski definition) is 2. The van der Waals surface area contributed by atoms with E-state index in [4.69, 9.17) is 4.74 Å². The molecule has 5 nitrogen and oxygen atoms in total. The maximum Gasteiger partial charge on any atom is 0.416 e. The number of morpholine rings is 1. The van der Waals surface area contributed by atoms with Gasteiger partial charge in [-0.2, -0.15) is 13.2 Å². The van der Waals surface area contributed by atoms with Crippen molar-refractivity contribution in [3.63, 3.8) is 0 Å². The van der Waals surface area contributed by atoms with Gasteiger partial charge >= 0.3 is 12.2 Å². The standard InChI is InChI=1S/C20H18F3N3O2/c21-20(22,23)15-3-1-2-14(10-15)18-12-26(8-9-28-18)19(27)25-16-5-4-13-6-7-24-17(13)11-16/h1-7,10-11,18,24H,8-9,12H2,(H,25,27). The summed E-state index contributed by atoms with van der Waals surface area (Å²) in [6.07, 6.45) is -3.21. The van der Waals surface area contributed by atoms with Gasteiger partial charge in [0.1, 0.15) is 6.10 Å². The Morgan fingerprint density at radius 3 is 2.86 bits per heavy atom. The molecule has 1 aromatic heterocycles. The van der Waals surface area contributed by atoms with E-state index in [9.17, 15) is 18.0 Å². The number of fused-ring (bicyclic) bond motifs is 1. The van der Waals surface area contributed by atoms with Crippen molar-refractivity contribution in [1.82, 2.24) is 9.88 Å². The number of aromatic nitrogens is 1. The minimum absolute atomic E-state index is 0.178. The number of anilines is 1. The van der Waals surface area contributed by atoms with E-state index in [0.29, 0.717) is 17.8 Å². The molecule has 0 saturated carbocycles. The zero-order valence-corrected chi connectivity index (χ0v) is 14.8. The largest absolute Gasteiger partial charge is 0.416 e. The highest BCUT2D eigenvalue weighted by molar-refractivity contribution is 5.92. The van der Waals surface area contributed by atoms with Crippen LogP contribution in [0.25, 0.3) is 10.9 Å². The molecule has 0 aliphatic carbocycles. The number of amides is 2. The molecule has 0 radical (unpaired) electrons. The van der Waals surface area contributed by atoms with E-state index in [1.165, 1.54) is 6.07 Å². The molecule has 1 saturated heterocycles. The highest BCUT2D eigenvalue weighted by Crippen LogP contribution is 2.32. The molecule has 2 amide bonds. The first-order valence-electron chi connectivity index (χ1n) is 8.82. The summed E-state index contributed by atoms with van der Waals surface area (Å²) >= 11 is 0. The number of carbonyl (C=O) groups is 1. The summed E-state index contributed by atoms with van der Waals surface area (Å²) in [4.78, 5) is 17.2. The van der Waals surface area contributed by atoms with Crippen LogP contribution in [0.2, 0.25) is 0 Å². The first-order valence-corrected chi connectivity index (χ1v) is 8.82. The van der Waals surface area contributed by atoms with E-state index in [2.05, 4.69) is 10.3 Å². The molecule has 3 aromatic rings. The summed E-state index contributed by atoms with van der Waals surface area (Å²) in [5.74, 6) is 0.